The van der Waals surface area contributed by atoms with Crippen molar-refractivity contribution in [3.8, 4) is 5.75 Å². The number of rotatable bonds is 4. The average Bonchev–Trinajstić information content (AvgIpc) is 2.24. The number of phenols is 1. The Kier molecular flexibility index (Phi) is 4.84. The third-order valence-electron chi connectivity index (χ3n) is 2.35. The molecule has 1 rings (SSSR count). The largest absolute Gasteiger partial charge is 0.507 e. The smallest absolute Gasteiger partial charge is 0.426 e. The lowest BCUT2D eigenvalue weighted by Crippen LogP contribution is -2.39. The second-order valence-electron chi connectivity index (χ2n) is 4.20. The van der Waals surface area contributed by atoms with Crippen molar-refractivity contribution in [1.29, 1.82) is 0 Å². The lowest BCUT2D eigenvalue weighted by Gasteiger charge is -2.19. The van der Waals surface area contributed by atoms with Crippen LogP contribution < -0.4 is 0 Å². The lowest BCUT2D eigenvalue weighted by atomic mass is 10.1. The molecule has 0 spiro atoms. The molecule has 10 heteroatoms. The summed E-state index contributed by atoms with van der Waals surface area (Å²) in [6.07, 6.45) is -8.23. The Bertz CT molecular complexity index is 638. The normalized spacial score (nSPS) is 13.8. The summed E-state index contributed by atoms with van der Waals surface area (Å²) in [5, 5.41) is 9.46. The number of aromatic hydroxyl groups is 1. The van der Waals surface area contributed by atoms with Crippen molar-refractivity contribution in [2.75, 3.05) is 5.75 Å². The van der Waals surface area contributed by atoms with E-state index in [1.165, 1.54) is 6.07 Å². The molecule has 0 fully saturated rings. The van der Waals surface area contributed by atoms with Gasteiger partial charge in [-0.05, 0) is 24.6 Å². The highest BCUT2D eigenvalue weighted by atomic mass is 32.2. The monoisotopic (exact) mass is 328 g/mol. The Labute approximate surface area is 117 Å². The van der Waals surface area contributed by atoms with Gasteiger partial charge < -0.3 is 9.84 Å². The van der Waals surface area contributed by atoms with Gasteiger partial charge in [0.05, 0.1) is 0 Å². The zero-order valence-corrected chi connectivity index (χ0v) is 11.4. The number of ether oxygens (including phenoxy) is 1. The molecule has 1 atom stereocenters. The maximum absolute atomic E-state index is 12.6. The van der Waals surface area contributed by atoms with Gasteiger partial charge in [0, 0.05) is 0 Å². The highest BCUT2D eigenvalue weighted by Gasteiger charge is 2.45. The second kappa shape index (κ2) is 5.90. The minimum Gasteiger partial charge on any atom is -0.507 e. The van der Waals surface area contributed by atoms with Crippen LogP contribution in [0.1, 0.15) is 15.9 Å². The number of phenolic OH excluding ortho intramolecular Hbond substituents is 1. The summed E-state index contributed by atoms with van der Waals surface area (Å²) in [5.41, 5.74) is -0.000421. The molecule has 1 aromatic rings. The van der Waals surface area contributed by atoms with Crippen molar-refractivity contribution in [3.63, 3.8) is 0 Å². The first-order valence-electron chi connectivity index (χ1n) is 5.42. The van der Waals surface area contributed by atoms with E-state index in [1.807, 2.05) is 0 Å². The topological polar surface area (TPSA) is 101 Å². The van der Waals surface area contributed by atoms with Crippen LogP contribution >= 0.6 is 0 Å². The fourth-order valence-corrected chi connectivity index (χ4v) is 2.03. The van der Waals surface area contributed by atoms with E-state index in [1.54, 1.807) is 6.92 Å². The highest BCUT2D eigenvalue weighted by molar-refractivity contribution is 7.85. The van der Waals surface area contributed by atoms with Crippen LogP contribution in [0.25, 0.3) is 0 Å². The van der Waals surface area contributed by atoms with Gasteiger partial charge in [0.25, 0.3) is 10.1 Å². The lowest BCUT2D eigenvalue weighted by molar-refractivity contribution is -0.197. The molecule has 0 bridgehead atoms. The van der Waals surface area contributed by atoms with Gasteiger partial charge in [-0.2, -0.15) is 21.6 Å². The summed E-state index contributed by atoms with van der Waals surface area (Å²) >= 11 is 0. The van der Waals surface area contributed by atoms with Crippen LogP contribution in [-0.2, 0) is 14.9 Å². The van der Waals surface area contributed by atoms with E-state index in [0.717, 1.165) is 12.1 Å². The summed E-state index contributed by atoms with van der Waals surface area (Å²) in [5.74, 6) is -3.99. The fourth-order valence-electron chi connectivity index (χ4n) is 1.39. The molecule has 0 saturated heterocycles. The zero-order chi connectivity index (χ0) is 16.4. The van der Waals surface area contributed by atoms with Crippen LogP contribution in [0, 0.1) is 6.92 Å². The van der Waals surface area contributed by atoms with Gasteiger partial charge in [-0.3, -0.25) is 4.55 Å². The number of alkyl halides is 3. The maximum Gasteiger partial charge on any atom is 0.426 e. The number of esters is 1. The van der Waals surface area contributed by atoms with E-state index in [-0.39, 0.29) is 0 Å². The standard InChI is InChI=1S/C11H11F3O6S/c1-6-2-3-7(8(15)4-6)10(16)20-9(11(12,13)14)5-21(17,18)19/h2-4,9,15H,5H2,1H3,(H,17,18,19). The van der Waals surface area contributed by atoms with Crippen molar-refractivity contribution in [3.05, 3.63) is 29.3 Å². The zero-order valence-electron chi connectivity index (χ0n) is 10.6. The first kappa shape index (κ1) is 17.2. The number of benzene rings is 1. The number of hydrogen-bond donors (Lipinski definition) is 2. The molecule has 21 heavy (non-hydrogen) atoms. The van der Waals surface area contributed by atoms with Crippen LogP contribution in [0.15, 0.2) is 18.2 Å². The van der Waals surface area contributed by atoms with Gasteiger partial charge >= 0.3 is 12.1 Å². The highest BCUT2D eigenvalue weighted by Crippen LogP contribution is 2.27. The van der Waals surface area contributed by atoms with Crippen molar-refractivity contribution >= 4 is 16.1 Å². The molecule has 0 heterocycles. The van der Waals surface area contributed by atoms with E-state index in [9.17, 15) is 31.5 Å². The first-order chi connectivity index (χ1) is 9.40. The predicted octanol–water partition coefficient (Wildman–Crippen LogP) is 1.68. The van der Waals surface area contributed by atoms with E-state index < -0.39 is 45.4 Å². The minimum absolute atomic E-state index is 0.550. The summed E-state index contributed by atoms with van der Waals surface area (Å²) in [4.78, 5) is 11.6. The summed E-state index contributed by atoms with van der Waals surface area (Å²) in [6.45, 7) is 1.58. The number of carbonyl (C=O) groups is 1. The summed E-state index contributed by atoms with van der Waals surface area (Å²) in [7, 11) is -5.01. The Balaban J connectivity index is 3.01. The van der Waals surface area contributed by atoms with Crippen LogP contribution in [0.5, 0.6) is 5.75 Å². The number of hydrogen-bond acceptors (Lipinski definition) is 5. The predicted molar refractivity (Wildman–Crippen MR) is 64.5 cm³/mol. The maximum atomic E-state index is 12.6. The molecule has 0 radical (unpaired) electrons. The SMILES string of the molecule is Cc1ccc(C(=O)OC(CS(=O)(=O)O)C(F)(F)F)c(O)c1. The first-order valence-corrected chi connectivity index (χ1v) is 7.03. The van der Waals surface area contributed by atoms with Crippen LogP contribution in [0.4, 0.5) is 13.2 Å². The van der Waals surface area contributed by atoms with Crippen molar-refractivity contribution in [2.45, 2.75) is 19.2 Å². The molecule has 1 aromatic carbocycles. The quantitative estimate of drug-likeness (QED) is 0.644. The van der Waals surface area contributed by atoms with Gasteiger partial charge in [-0.1, -0.05) is 6.07 Å². The molecular weight excluding hydrogens is 317 g/mol. The van der Waals surface area contributed by atoms with E-state index in [2.05, 4.69) is 4.74 Å². The summed E-state index contributed by atoms with van der Waals surface area (Å²) in [6, 6.07) is 3.51. The van der Waals surface area contributed by atoms with Crippen molar-refractivity contribution < 1.29 is 40.8 Å². The molecule has 0 saturated carbocycles. The van der Waals surface area contributed by atoms with Crippen LogP contribution in [0.3, 0.4) is 0 Å². The Hall–Kier alpha value is -1.81. The Morgan fingerprint density at radius 2 is 1.95 bits per heavy atom. The van der Waals surface area contributed by atoms with E-state index in [0.29, 0.717) is 5.56 Å². The van der Waals surface area contributed by atoms with Gasteiger partial charge in [-0.15, -0.1) is 0 Å². The summed E-state index contributed by atoms with van der Waals surface area (Å²) < 4.78 is 71.3. The van der Waals surface area contributed by atoms with Gasteiger partial charge in [0.15, 0.2) is 0 Å². The molecule has 0 aromatic heterocycles. The second-order valence-corrected chi connectivity index (χ2v) is 5.70. The van der Waals surface area contributed by atoms with E-state index >= 15 is 0 Å². The number of aryl methyl sites for hydroxylation is 1. The average molecular weight is 328 g/mol. The Morgan fingerprint density at radius 1 is 1.38 bits per heavy atom. The molecule has 0 aliphatic rings. The molecule has 1 unspecified atom stereocenters. The Morgan fingerprint density at radius 3 is 2.38 bits per heavy atom. The van der Waals surface area contributed by atoms with Gasteiger partial charge in [-0.25, -0.2) is 4.79 Å². The number of halogens is 3. The van der Waals surface area contributed by atoms with Gasteiger partial charge in [0.1, 0.15) is 17.1 Å². The number of carbonyl (C=O) groups excluding carboxylic acids is 1. The third-order valence-corrected chi connectivity index (χ3v) is 3.07. The molecule has 118 valence electrons. The molecular formula is C11H11F3O6S. The fraction of sp³-hybridized carbons (Fsp3) is 0.364. The minimum atomic E-state index is -5.19. The molecule has 2 N–H and O–H groups in total. The molecule has 0 aliphatic carbocycles. The van der Waals surface area contributed by atoms with E-state index in [4.69, 9.17) is 4.55 Å². The van der Waals surface area contributed by atoms with Crippen molar-refractivity contribution in [2.24, 2.45) is 0 Å². The third kappa shape index (κ3) is 5.23. The van der Waals surface area contributed by atoms with Crippen LogP contribution in [-0.4, -0.2) is 42.1 Å². The van der Waals surface area contributed by atoms with Crippen molar-refractivity contribution in [1.82, 2.24) is 0 Å². The van der Waals surface area contributed by atoms with Gasteiger partial charge in [0.2, 0.25) is 6.10 Å². The molecule has 0 amide bonds. The molecule has 6 nitrogen and oxygen atoms in total. The molecule has 0 aliphatic heterocycles. The van der Waals surface area contributed by atoms with Crippen LogP contribution in [0.2, 0.25) is 0 Å².